The van der Waals surface area contributed by atoms with Gasteiger partial charge in [-0.2, -0.15) is 0 Å². The average Bonchev–Trinajstić information content (AvgIpc) is 2.98. The van der Waals surface area contributed by atoms with Crippen molar-refractivity contribution in [2.75, 3.05) is 31.6 Å². The molecule has 0 aromatic carbocycles. The molecule has 1 aliphatic rings. The van der Waals surface area contributed by atoms with Crippen LogP contribution in [0.4, 0.5) is 5.69 Å². The van der Waals surface area contributed by atoms with Crippen LogP contribution < -0.4 is 10.6 Å². The fourth-order valence-corrected chi connectivity index (χ4v) is 2.23. The number of ether oxygens (including phenoxy) is 1. The Labute approximate surface area is 125 Å². The first-order chi connectivity index (χ1) is 10.1. The van der Waals surface area contributed by atoms with Crippen molar-refractivity contribution in [2.24, 2.45) is 5.92 Å². The molecule has 0 aliphatic carbocycles. The number of rotatable bonds is 6. The lowest BCUT2D eigenvalue weighted by Crippen LogP contribution is -2.31. The second-order valence-electron chi connectivity index (χ2n) is 5.62. The van der Waals surface area contributed by atoms with Crippen LogP contribution >= 0.6 is 0 Å². The molecule has 21 heavy (non-hydrogen) atoms. The highest BCUT2D eigenvalue weighted by Crippen LogP contribution is 2.17. The third-order valence-corrected chi connectivity index (χ3v) is 3.48. The van der Waals surface area contributed by atoms with Gasteiger partial charge in [0.05, 0.1) is 18.5 Å². The van der Waals surface area contributed by atoms with E-state index < -0.39 is 0 Å². The third-order valence-electron chi connectivity index (χ3n) is 3.48. The van der Waals surface area contributed by atoms with E-state index in [2.05, 4.69) is 20.6 Å². The van der Waals surface area contributed by atoms with Gasteiger partial charge in [-0.15, -0.1) is 0 Å². The first-order valence-electron chi connectivity index (χ1n) is 7.58. The van der Waals surface area contributed by atoms with Gasteiger partial charge in [0.1, 0.15) is 5.82 Å². The molecule has 0 spiro atoms. The van der Waals surface area contributed by atoms with Gasteiger partial charge in [0.25, 0.3) is 5.91 Å². The molecule has 1 saturated heterocycles. The second kappa shape index (κ2) is 7.36. The lowest BCUT2D eigenvalue weighted by atomic mass is 10.1. The third kappa shape index (κ3) is 4.14. The Balaban J connectivity index is 2.10. The van der Waals surface area contributed by atoms with Gasteiger partial charge in [0.15, 0.2) is 5.69 Å². The van der Waals surface area contributed by atoms with Gasteiger partial charge < -0.3 is 15.4 Å². The van der Waals surface area contributed by atoms with Gasteiger partial charge in [-0.25, -0.2) is 9.97 Å². The number of hydrogen-bond acceptors (Lipinski definition) is 5. The topological polar surface area (TPSA) is 76.1 Å². The van der Waals surface area contributed by atoms with Gasteiger partial charge in [0.2, 0.25) is 0 Å². The number of amides is 1. The number of carbonyl (C=O) groups is 1. The Morgan fingerprint density at radius 1 is 1.52 bits per heavy atom. The van der Waals surface area contributed by atoms with Crippen LogP contribution in [-0.4, -0.2) is 42.2 Å². The van der Waals surface area contributed by atoms with Crippen LogP contribution in [0.1, 0.15) is 49.4 Å². The van der Waals surface area contributed by atoms with E-state index in [1.807, 2.05) is 20.8 Å². The molecule has 1 amide bonds. The van der Waals surface area contributed by atoms with E-state index in [1.54, 1.807) is 6.20 Å². The largest absolute Gasteiger partial charge is 0.382 e. The molecule has 2 heterocycles. The maximum absolute atomic E-state index is 12.4. The lowest BCUT2D eigenvalue weighted by Gasteiger charge is -2.14. The summed E-state index contributed by atoms with van der Waals surface area (Å²) < 4.78 is 5.32. The Morgan fingerprint density at radius 3 is 2.95 bits per heavy atom. The average molecular weight is 292 g/mol. The highest BCUT2D eigenvalue weighted by molar-refractivity contribution is 5.97. The van der Waals surface area contributed by atoms with Crippen molar-refractivity contribution in [3.8, 4) is 0 Å². The first-order valence-corrected chi connectivity index (χ1v) is 7.58. The standard InChI is InChI=1S/C15H24N4O2/c1-4-16-12-8-17-14(10(2)3)19-13(12)15(20)18-7-11-5-6-21-9-11/h8,10-11,16H,4-7,9H2,1-3H3,(H,18,20). The zero-order chi connectivity index (χ0) is 15.2. The van der Waals surface area contributed by atoms with Crippen molar-refractivity contribution in [2.45, 2.75) is 33.1 Å². The molecule has 0 saturated carbocycles. The van der Waals surface area contributed by atoms with Gasteiger partial charge in [-0.1, -0.05) is 13.8 Å². The van der Waals surface area contributed by atoms with Crippen molar-refractivity contribution < 1.29 is 9.53 Å². The van der Waals surface area contributed by atoms with Crippen LogP contribution in [0.25, 0.3) is 0 Å². The van der Waals surface area contributed by atoms with Crippen LogP contribution in [0.15, 0.2) is 6.20 Å². The number of nitrogens with one attached hydrogen (secondary N) is 2. The predicted octanol–water partition coefficient (Wildman–Crippen LogP) is 1.80. The van der Waals surface area contributed by atoms with Crippen molar-refractivity contribution in [1.82, 2.24) is 15.3 Å². The van der Waals surface area contributed by atoms with E-state index >= 15 is 0 Å². The minimum absolute atomic E-state index is 0.151. The van der Waals surface area contributed by atoms with Crippen molar-refractivity contribution >= 4 is 11.6 Å². The summed E-state index contributed by atoms with van der Waals surface area (Å²) in [6.07, 6.45) is 2.70. The molecule has 1 fully saturated rings. The normalized spacial score (nSPS) is 18.0. The first kappa shape index (κ1) is 15.7. The highest BCUT2D eigenvalue weighted by Gasteiger charge is 2.20. The summed E-state index contributed by atoms with van der Waals surface area (Å²) in [6.45, 7) is 8.87. The molecule has 1 unspecified atom stereocenters. The van der Waals surface area contributed by atoms with Crippen molar-refractivity contribution in [3.05, 3.63) is 17.7 Å². The van der Waals surface area contributed by atoms with Crippen LogP contribution in [0.3, 0.4) is 0 Å². The summed E-state index contributed by atoms with van der Waals surface area (Å²) >= 11 is 0. The van der Waals surface area contributed by atoms with Gasteiger partial charge in [-0.3, -0.25) is 4.79 Å². The molecule has 0 bridgehead atoms. The number of hydrogen-bond donors (Lipinski definition) is 2. The highest BCUT2D eigenvalue weighted by atomic mass is 16.5. The molecule has 116 valence electrons. The zero-order valence-electron chi connectivity index (χ0n) is 13.0. The summed E-state index contributed by atoms with van der Waals surface area (Å²) in [5.74, 6) is 1.13. The Hall–Kier alpha value is -1.69. The molecule has 2 N–H and O–H groups in total. The molecule has 6 nitrogen and oxygen atoms in total. The molecule has 1 aliphatic heterocycles. The zero-order valence-corrected chi connectivity index (χ0v) is 13.0. The number of carbonyl (C=O) groups excluding carboxylic acids is 1. The predicted molar refractivity (Wildman–Crippen MR) is 81.5 cm³/mol. The van der Waals surface area contributed by atoms with Gasteiger partial charge in [-0.05, 0) is 13.3 Å². The summed E-state index contributed by atoms with van der Waals surface area (Å²) in [7, 11) is 0. The summed E-state index contributed by atoms with van der Waals surface area (Å²) in [5, 5.41) is 6.10. The molecule has 2 rings (SSSR count). The lowest BCUT2D eigenvalue weighted by molar-refractivity contribution is 0.0940. The fraction of sp³-hybridized carbons (Fsp3) is 0.667. The molecule has 1 aromatic rings. The molecule has 1 aromatic heterocycles. The van der Waals surface area contributed by atoms with E-state index in [4.69, 9.17) is 4.74 Å². The Bertz CT molecular complexity index is 485. The molecular weight excluding hydrogens is 268 g/mol. The maximum atomic E-state index is 12.4. The maximum Gasteiger partial charge on any atom is 0.272 e. The van der Waals surface area contributed by atoms with Crippen LogP contribution in [0.2, 0.25) is 0 Å². The summed E-state index contributed by atoms with van der Waals surface area (Å²) in [4.78, 5) is 21.1. The molecular formula is C15H24N4O2. The number of nitrogens with zero attached hydrogens (tertiary/aromatic N) is 2. The Morgan fingerprint density at radius 2 is 2.33 bits per heavy atom. The quantitative estimate of drug-likeness (QED) is 0.836. The number of anilines is 1. The van der Waals surface area contributed by atoms with Crippen LogP contribution in [0.5, 0.6) is 0 Å². The summed E-state index contributed by atoms with van der Waals surface area (Å²) in [5.41, 5.74) is 1.11. The minimum atomic E-state index is -0.151. The van der Waals surface area contributed by atoms with E-state index in [0.29, 0.717) is 29.7 Å². The Kier molecular flexibility index (Phi) is 5.50. The van der Waals surface area contributed by atoms with Crippen LogP contribution in [-0.2, 0) is 4.74 Å². The summed E-state index contributed by atoms with van der Waals surface area (Å²) in [6, 6.07) is 0. The van der Waals surface area contributed by atoms with E-state index in [-0.39, 0.29) is 11.8 Å². The van der Waals surface area contributed by atoms with Gasteiger partial charge >= 0.3 is 0 Å². The molecule has 0 radical (unpaired) electrons. The minimum Gasteiger partial charge on any atom is -0.382 e. The SMILES string of the molecule is CCNc1cnc(C(C)C)nc1C(=O)NCC1CCOC1. The second-order valence-corrected chi connectivity index (χ2v) is 5.62. The van der Waals surface area contributed by atoms with E-state index in [1.165, 1.54) is 0 Å². The van der Waals surface area contributed by atoms with Gasteiger partial charge in [0, 0.05) is 31.5 Å². The molecule has 6 heteroatoms. The van der Waals surface area contributed by atoms with E-state index in [9.17, 15) is 4.79 Å². The monoisotopic (exact) mass is 292 g/mol. The van der Waals surface area contributed by atoms with E-state index in [0.717, 1.165) is 26.2 Å². The van der Waals surface area contributed by atoms with Crippen LogP contribution in [0, 0.1) is 5.92 Å². The smallest absolute Gasteiger partial charge is 0.272 e. The number of aromatic nitrogens is 2. The molecule has 1 atom stereocenters. The fourth-order valence-electron chi connectivity index (χ4n) is 2.23. The van der Waals surface area contributed by atoms with Crippen molar-refractivity contribution in [1.29, 1.82) is 0 Å². The van der Waals surface area contributed by atoms with Crippen molar-refractivity contribution in [3.63, 3.8) is 0 Å².